The molecule has 27 heavy (non-hydrogen) atoms. The topological polar surface area (TPSA) is 65.4 Å². The van der Waals surface area contributed by atoms with Gasteiger partial charge in [0.05, 0.1) is 12.5 Å². The second-order valence-corrected chi connectivity index (χ2v) is 6.45. The molecular weight excluding hydrogens is 342 g/mol. The van der Waals surface area contributed by atoms with Crippen LogP contribution in [-0.4, -0.2) is 28.7 Å². The van der Waals surface area contributed by atoms with Crippen molar-refractivity contribution < 1.29 is 14.3 Å². The highest BCUT2D eigenvalue weighted by molar-refractivity contribution is 6.07. The van der Waals surface area contributed by atoms with Gasteiger partial charge in [-0.3, -0.25) is 9.36 Å². The largest absolute Gasteiger partial charge is 0.454 e. The Morgan fingerprint density at radius 1 is 1.15 bits per heavy atom. The molecule has 0 unspecified atom stereocenters. The van der Waals surface area contributed by atoms with Gasteiger partial charge in [-0.2, -0.15) is 0 Å². The molecular formula is C21H17N3O3. The van der Waals surface area contributed by atoms with E-state index >= 15 is 0 Å². The van der Waals surface area contributed by atoms with E-state index in [4.69, 9.17) is 9.47 Å². The second-order valence-electron chi connectivity index (χ2n) is 6.45. The lowest BCUT2D eigenvalue weighted by molar-refractivity contribution is 0.104. The number of hydrogen-bond donors (Lipinski definition) is 1. The molecule has 134 valence electrons. The summed E-state index contributed by atoms with van der Waals surface area (Å²) in [6.07, 6.45) is 5.76. The molecule has 0 amide bonds. The van der Waals surface area contributed by atoms with E-state index in [0.717, 1.165) is 41.2 Å². The van der Waals surface area contributed by atoms with Crippen molar-refractivity contribution in [2.75, 3.05) is 13.3 Å². The molecule has 2 aromatic carbocycles. The van der Waals surface area contributed by atoms with Gasteiger partial charge < -0.3 is 14.8 Å². The molecule has 0 radical (unpaired) electrons. The first-order chi connectivity index (χ1) is 13.3. The number of aromatic nitrogens is 2. The molecule has 5 rings (SSSR count). The summed E-state index contributed by atoms with van der Waals surface area (Å²) in [6, 6.07) is 13.6. The smallest absolute Gasteiger partial charge is 0.231 e. The summed E-state index contributed by atoms with van der Waals surface area (Å²) in [6.45, 7) is 1.00. The molecule has 0 spiro atoms. The Hall–Kier alpha value is -3.54. The van der Waals surface area contributed by atoms with Gasteiger partial charge in [-0.25, -0.2) is 4.98 Å². The van der Waals surface area contributed by atoms with Crippen molar-refractivity contribution >= 4 is 11.5 Å². The summed E-state index contributed by atoms with van der Waals surface area (Å²) < 4.78 is 12.7. The molecule has 0 atom stereocenters. The average molecular weight is 359 g/mol. The number of hydrogen-bond acceptors (Lipinski definition) is 5. The normalized spacial score (nSPS) is 16.1. The van der Waals surface area contributed by atoms with Crippen LogP contribution >= 0.6 is 0 Å². The van der Waals surface area contributed by atoms with Crippen LogP contribution < -0.4 is 14.8 Å². The van der Waals surface area contributed by atoms with E-state index in [0.29, 0.717) is 11.4 Å². The maximum Gasteiger partial charge on any atom is 0.231 e. The minimum atomic E-state index is -0.107. The van der Waals surface area contributed by atoms with Crippen molar-refractivity contribution in [2.24, 2.45) is 0 Å². The van der Waals surface area contributed by atoms with Gasteiger partial charge in [0.25, 0.3) is 0 Å². The number of carbonyl (C=O) groups excluding carboxylic acids is 1. The molecule has 6 heteroatoms. The monoisotopic (exact) mass is 359 g/mol. The van der Waals surface area contributed by atoms with Gasteiger partial charge in [-0.05, 0) is 36.2 Å². The lowest BCUT2D eigenvalue weighted by atomic mass is 9.96. The van der Waals surface area contributed by atoms with Crippen LogP contribution in [0.25, 0.3) is 11.4 Å². The number of nitrogens with zero attached hydrogens (tertiary/aromatic N) is 2. The minimum absolute atomic E-state index is 0.107. The minimum Gasteiger partial charge on any atom is -0.454 e. The van der Waals surface area contributed by atoms with Crippen molar-refractivity contribution in [3.8, 4) is 17.2 Å². The number of ether oxygens (including phenoxy) is 2. The number of ketones is 1. The Balaban J connectivity index is 1.52. The number of carbonyl (C=O) groups is 1. The summed E-state index contributed by atoms with van der Waals surface area (Å²) in [4.78, 5) is 17.1. The highest BCUT2D eigenvalue weighted by Crippen LogP contribution is 2.38. The van der Waals surface area contributed by atoms with Crippen LogP contribution in [0.3, 0.4) is 0 Å². The van der Waals surface area contributed by atoms with Gasteiger partial charge in [0.15, 0.2) is 11.5 Å². The third-order valence-electron chi connectivity index (χ3n) is 4.80. The average Bonchev–Trinajstić information content (AvgIpc) is 3.36. The van der Waals surface area contributed by atoms with Crippen LogP contribution in [0.15, 0.2) is 61.1 Å². The van der Waals surface area contributed by atoms with Gasteiger partial charge in [0, 0.05) is 29.6 Å². The molecule has 0 fully saturated rings. The number of para-hydroxylation sites is 1. The molecule has 2 aliphatic heterocycles. The number of fused-ring (bicyclic) bond motifs is 2. The van der Waals surface area contributed by atoms with Crippen molar-refractivity contribution in [1.29, 1.82) is 0 Å². The van der Waals surface area contributed by atoms with E-state index in [1.165, 1.54) is 0 Å². The van der Waals surface area contributed by atoms with Crippen LogP contribution in [0.5, 0.6) is 11.5 Å². The number of allylic oxidation sites excluding steroid dienone is 1. The molecule has 0 aliphatic carbocycles. The van der Waals surface area contributed by atoms with Crippen LogP contribution in [0, 0.1) is 0 Å². The highest BCUT2D eigenvalue weighted by Gasteiger charge is 2.22. The van der Waals surface area contributed by atoms with Crippen LogP contribution in [0.2, 0.25) is 0 Å². The van der Waals surface area contributed by atoms with E-state index in [-0.39, 0.29) is 12.6 Å². The van der Waals surface area contributed by atoms with E-state index in [1.54, 1.807) is 23.2 Å². The maximum atomic E-state index is 13.0. The molecule has 1 N–H and O–H groups in total. The number of rotatable bonds is 3. The van der Waals surface area contributed by atoms with Gasteiger partial charge in [-0.1, -0.05) is 18.2 Å². The standard InChI is InChI=1S/C21H17N3O3/c25-19(18-11-22-12-24(18)15-4-2-1-3-5-15)10-17-16-9-21-20(26-13-27-21)8-14(16)6-7-23-17/h1-5,8-12,23H,6-7,13H2/b17-10-. The quantitative estimate of drug-likeness (QED) is 0.575. The lowest BCUT2D eigenvalue weighted by Crippen LogP contribution is -2.23. The Morgan fingerprint density at radius 3 is 2.81 bits per heavy atom. The van der Waals surface area contributed by atoms with Crippen molar-refractivity contribution in [3.63, 3.8) is 0 Å². The van der Waals surface area contributed by atoms with Crippen LogP contribution in [0.1, 0.15) is 21.6 Å². The van der Waals surface area contributed by atoms with E-state index in [2.05, 4.69) is 10.3 Å². The predicted octanol–water partition coefficient (Wildman–Crippen LogP) is 2.97. The number of imidazole rings is 1. The van der Waals surface area contributed by atoms with Crippen LogP contribution in [-0.2, 0) is 6.42 Å². The van der Waals surface area contributed by atoms with Crippen LogP contribution in [0.4, 0.5) is 0 Å². The Kier molecular flexibility index (Phi) is 3.67. The molecule has 1 aromatic heterocycles. The van der Waals surface area contributed by atoms with Gasteiger partial charge in [-0.15, -0.1) is 0 Å². The second kappa shape index (κ2) is 6.32. The maximum absolute atomic E-state index is 13.0. The van der Waals surface area contributed by atoms with E-state index in [1.807, 2.05) is 42.5 Å². The van der Waals surface area contributed by atoms with Crippen molar-refractivity contribution in [2.45, 2.75) is 6.42 Å². The Morgan fingerprint density at radius 2 is 1.96 bits per heavy atom. The van der Waals surface area contributed by atoms with Gasteiger partial charge >= 0.3 is 0 Å². The third kappa shape index (κ3) is 2.75. The lowest BCUT2D eigenvalue weighted by Gasteiger charge is -2.21. The van der Waals surface area contributed by atoms with Crippen molar-refractivity contribution in [3.05, 3.63) is 77.9 Å². The summed E-state index contributed by atoms with van der Waals surface area (Å²) in [5.74, 6) is 1.37. The fraction of sp³-hybridized carbons (Fsp3) is 0.143. The Bertz CT molecular complexity index is 1050. The zero-order valence-electron chi connectivity index (χ0n) is 14.5. The molecule has 2 aliphatic rings. The summed E-state index contributed by atoms with van der Waals surface area (Å²) in [7, 11) is 0. The molecule has 0 saturated carbocycles. The fourth-order valence-electron chi connectivity index (χ4n) is 3.47. The van der Waals surface area contributed by atoms with Gasteiger partial charge in [0.1, 0.15) is 5.69 Å². The summed E-state index contributed by atoms with van der Waals surface area (Å²) in [5.41, 5.74) is 4.33. The zero-order chi connectivity index (χ0) is 18.2. The first-order valence-corrected chi connectivity index (χ1v) is 8.80. The molecule has 6 nitrogen and oxygen atoms in total. The first kappa shape index (κ1) is 15.7. The number of benzene rings is 2. The third-order valence-corrected chi connectivity index (χ3v) is 4.80. The molecule has 0 saturated heterocycles. The fourth-order valence-corrected chi connectivity index (χ4v) is 3.47. The molecule has 0 bridgehead atoms. The molecule has 3 heterocycles. The van der Waals surface area contributed by atoms with E-state index < -0.39 is 0 Å². The summed E-state index contributed by atoms with van der Waals surface area (Å²) in [5, 5.41) is 3.33. The summed E-state index contributed by atoms with van der Waals surface area (Å²) >= 11 is 0. The predicted molar refractivity (Wildman–Crippen MR) is 100 cm³/mol. The first-order valence-electron chi connectivity index (χ1n) is 8.80. The SMILES string of the molecule is O=C(/C=C1\NCCc2cc3c(cc21)OCO3)c1cncn1-c1ccccc1. The number of nitrogens with one attached hydrogen (secondary N) is 1. The zero-order valence-corrected chi connectivity index (χ0v) is 14.5. The highest BCUT2D eigenvalue weighted by atomic mass is 16.7. The van der Waals surface area contributed by atoms with Gasteiger partial charge in [0.2, 0.25) is 12.6 Å². The van der Waals surface area contributed by atoms with E-state index in [9.17, 15) is 4.79 Å². The Labute approximate surface area is 156 Å². The molecule has 3 aromatic rings. The van der Waals surface area contributed by atoms with Crippen molar-refractivity contribution in [1.82, 2.24) is 14.9 Å².